The fourth-order valence-corrected chi connectivity index (χ4v) is 1.84. The Morgan fingerprint density at radius 3 is 2.59 bits per heavy atom. The topological polar surface area (TPSA) is 64.9 Å². The number of hydrogen-bond donors (Lipinski definition) is 2. The molecule has 0 spiro atoms. The molecule has 0 aliphatic carbocycles. The predicted octanol–water partition coefficient (Wildman–Crippen LogP) is 3.94. The number of benzene rings is 2. The minimum absolute atomic E-state index is 0.149. The summed E-state index contributed by atoms with van der Waals surface area (Å²) < 4.78 is 13.0. The molecule has 2 aromatic carbocycles. The molecule has 2 N–H and O–H groups in total. The second-order valence-electron chi connectivity index (χ2n) is 4.29. The molecular weight excluding hydrogens is 305 g/mol. The highest BCUT2D eigenvalue weighted by Gasteiger charge is 2.09. The van der Waals surface area contributed by atoms with Crippen LogP contribution in [0.2, 0.25) is 5.02 Å². The molecule has 0 saturated carbocycles. The first kappa shape index (κ1) is 15.5. The van der Waals surface area contributed by atoms with Gasteiger partial charge in [-0.1, -0.05) is 23.7 Å². The Morgan fingerprint density at radius 2 is 1.91 bits per heavy atom. The van der Waals surface area contributed by atoms with Crippen molar-refractivity contribution in [2.75, 3.05) is 10.6 Å². The Kier molecular flexibility index (Phi) is 5.12. The van der Waals surface area contributed by atoms with Crippen LogP contribution in [0.5, 0.6) is 0 Å². The molecule has 0 unspecified atom stereocenters. The van der Waals surface area contributed by atoms with Gasteiger partial charge in [0, 0.05) is 22.6 Å². The first-order chi connectivity index (χ1) is 10.6. The molecule has 1 amide bonds. The molecule has 0 fully saturated rings. The number of hydrogen-bond acceptors (Lipinski definition) is 3. The van der Waals surface area contributed by atoms with Gasteiger partial charge in [-0.3, -0.25) is 4.79 Å². The second-order valence-corrected chi connectivity index (χ2v) is 4.73. The van der Waals surface area contributed by atoms with E-state index in [1.807, 2.05) is 0 Å². The Bertz CT molecular complexity index is 768. The van der Waals surface area contributed by atoms with Gasteiger partial charge in [0.2, 0.25) is 0 Å². The zero-order valence-corrected chi connectivity index (χ0v) is 12.1. The van der Waals surface area contributed by atoms with Crippen LogP contribution >= 0.6 is 11.6 Å². The zero-order valence-electron chi connectivity index (χ0n) is 11.3. The summed E-state index contributed by atoms with van der Waals surface area (Å²) in [4.78, 5) is 12.0. The first-order valence-electron chi connectivity index (χ1n) is 6.28. The predicted molar refractivity (Wildman–Crippen MR) is 83.8 cm³/mol. The van der Waals surface area contributed by atoms with E-state index in [2.05, 4.69) is 10.6 Å². The maximum atomic E-state index is 13.0. The zero-order chi connectivity index (χ0) is 15.9. The molecule has 0 bridgehead atoms. The molecule has 0 atom stereocenters. The Hall–Kier alpha value is -2.84. The summed E-state index contributed by atoms with van der Waals surface area (Å²) in [6.45, 7) is 0. The summed E-state index contributed by atoms with van der Waals surface area (Å²) in [5, 5.41) is 14.8. The lowest BCUT2D eigenvalue weighted by Crippen LogP contribution is -2.14. The van der Waals surface area contributed by atoms with Crippen LogP contribution < -0.4 is 10.6 Å². The maximum Gasteiger partial charge on any atom is 0.267 e. The number of nitriles is 1. The molecule has 0 aliphatic rings. The lowest BCUT2D eigenvalue weighted by Gasteiger charge is -2.05. The van der Waals surface area contributed by atoms with Crippen molar-refractivity contribution in [3.8, 4) is 6.07 Å². The number of anilines is 2. The van der Waals surface area contributed by atoms with Crippen molar-refractivity contribution in [2.24, 2.45) is 0 Å². The lowest BCUT2D eigenvalue weighted by atomic mass is 10.2. The summed E-state index contributed by atoms with van der Waals surface area (Å²) in [6.07, 6.45) is 1.22. The largest absolute Gasteiger partial charge is 0.360 e. The third-order valence-electron chi connectivity index (χ3n) is 2.66. The molecule has 0 aliphatic heterocycles. The maximum absolute atomic E-state index is 13.0. The summed E-state index contributed by atoms with van der Waals surface area (Å²) in [5.41, 5.74) is 0.761. The molecule has 2 rings (SSSR count). The van der Waals surface area contributed by atoms with Gasteiger partial charge in [0.1, 0.15) is 17.5 Å². The fraction of sp³-hybridized carbons (Fsp3) is 0. The lowest BCUT2D eigenvalue weighted by molar-refractivity contribution is -0.112. The van der Waals surface area contributed by atoms with Crippen molar-refractivity contribution in [1.29, 1.82) is 5.26 Å². The van der Waals surface area contributed by atoms with E-state index in [9.17, 15) is 9.18 Å². The third kappa shape index (κ3) is 4.33. The van der Waals surface area contributed by atoms with E-state index in [4.69, 9.17) is 16.9 Å². The summed E-state index contributed by atoms with van der Waals surface area (Å²) in [7, 11) is 0. The van der Waals surface area contributed by atoms with E-state index in [0.717, 1.165) is 0 Å². The number of rotatable bonds is 4. The monoisotopic (exact) mass is 315 g/mol. The average Bonchev–Trinajstić information content (AvgIpc) is 2.48. The second kappa shape index (κ2) is 7.25. The number of halogens is 2. The quantitative estimate of drug-likeness (QED) is 0.663. The van der Waals surface area contributed by atoms with Crippen molar-refractivity contribution in [1.82, 2.24) is 0 Å². The minimum atomic E-state index is -0.589. The molecule has 0 radical (unpaired) electrons. The number of amides is 1. The molecule has 110 valence electrons. The van der Waals surface area contributed by atoms with Gasteiger partial charge in [0.05, 0.1) is 0 Å². The van der Waals surface area contributed by atoms with Gasteiger partial charge in [0.25, 0.3) is 5.91 Å². The van der Waals surface area contributed by atoms with E-state index >= 15 is 0 Å². The van der Waals surface area contributed by atoms with Crippen LogP contribution in [0.4, 0.5) is 15.8 Å². The fourth-order valence-electron chi connectivity index (χ4n) is 1.65. The Labute approximate surface area is 131 Å². The van der Waals surface area contributed by atoms with Crippen LogP contribution in [0, 0.1) is 17.1 Å². The summed E-state index contributed by atoms with van der Waals surface area (Å²) >= 11 is 5.82. The van der Waals surface area contributed by atoms with Crippen molar-refractivity contribution in [3.63, 3.8) is 0 Å². The molecule has 4 nitrogen and oxygen atoms in total. The highest BCUT2D eigenvalue weighted by Crippen LogP contribution is 2.16. The summed E-state index contributed by atoms with van der Waals surface area (Å²) in [5.74, 6) is -1.01. The standard InChI is InChI=1S/C16H11ClFN3O/c17-12-3-1-6-15(7-12)21-16(22)11(9-19)10-20-14-5-2-4-13(18)8-14/h1-8,10,20H,(H,21,22)/b11-10-. The molecule has 22 heavy (non-hydrogen) atoms. The highest BCUT2D eigenvalue weighted by molar-refractivity contribution is 6.31. The van der Waals surface area contributed by atoms with Crippen molar-refractivity contribution < 1.29 is 9.18 Å². The van der Waals surface area contributed by atoms with E-state index < -0.39 is 11.7 Å². The number of nitrogens with zero attached hydrogens (tertiary/aromatic N) is 1. The van der Waals surface area contributed by atoms with Crippen molar-refractivity contribution in [2.45, 2.75) is 0 Å². The van der Waals surface area contributed by atoms with Crippen LogP contribution in [-0.4, -0.2) is 5.91 Å². The summed E-state index contributed by atoms with van der Waals surface area (Å²) in [6, 6.07) is 14.0. The van der Waals surface area contributed by atoms with Gasteiger partial charge < -0.3 is 10.6 Å². The van der Waals surface area contributed by atoms with Crippen LogP contribution in [0.15, 0.2) is 60.3 Å². The highest BCUT2D eigenvalue weighted by atomic mass is 35.5. The molecular formula is C16H11ClFN3O. The van der Waals surface area contributed by atoms with Crippen LogP contribution in [-0.2, 0) is 4.79 Å². The van der Waals surface area contributed by atoms with Gasteiger partial charge in [0.15, 0.2) is 0 Å². The van der Waals surface area contributed by atoms with Crippen molar-refractivity contribution >= 4 is 28.9 Å². The van der Waals surface area contributed by atoms with Gasteiger partial charge in [-0.25, -0.2) is 4.39 Å². The smallest absolute Gasteiger partial charge is 0.267 e. The first-order valence-corrected chi connectivity index (χ1v) is 6.65. The molecule has 0 saturated heterocycles. The van der Waals surface area contributed by atoms with E-state index in [1.54, 1.807) is 36.4 Å². The minimum Gasteiger partial charge on any atom is -0.360 e. The Morgan fingerprint density at radius 1 is 1.18 bits per heavy atom. The van der Waals surface area contributed by atoms with Crippen LogP contribution in [0.1, 0.15) is 0 Å². The van der Waals surface area contributed by atoms with Gasteiger partial charge >= 0.3 is 0 Å². The van der Waals surface area contributed by atoms with Gasteiger partial charge in [-0.15, -0.1) is 0 Å². The van der Waals surface area contributed by atoms with Gasteiger partial charge in [-0.05, 0) is 36.4 Å². The van der Waals surface area contributed by atoms with E-state index in [1.165, 1.54) is 24.4 Å². The molecule has 0 aromatic heterocycles. The Balaban J connectivity index is 2.09. The number of nitrogens with one attached hydrogen (secondary N) is 2. The normalized spacial score (nSPS) is 10.7. The SMILES string of the molecule is N#C/C(=C/Nc1cccc(F)c1)C(=O)Nc1cccc(Cl)c1. The van der Waals surface area contributed by atoms with Crippen molar-refractivity contribution in [3.05, 3.63) is 71.1 Å². The number of carbonyl (C=O) groups is 1. The van der Waals surface area contributed by atoms with Crippen LogP contribution in [0.25, 0.3) is 0 Å². The molecule has 0 heterocycles. The number of carbonyl (C=O) groups excluding carboxylic acids is 1. The van der Waals surface area contributed by atoms with Crippen LogP contribution in [0.3, 0.4) is 0 Å². The van der Waals surface area contributed by atoms with E-state index in [-0.39, 0.29) is 5.57 Å². The molecule has 2 aromatic rings. The third-order valence-corrected chi connectivity index (χ3v) is 2.89. The molecule has 6 heteroatoms. The van der Waals surface area contributed by atoms with E-state index in [0.29, 0.717) is 16.4 Å². The van der Waals surface area contributed by atoms with Gasteiger partial charge in [-0.2, -0.15) is 5.26 Å². The average molecular weight is 316 g/mol.